The highest BCUT2D eigenvalue weighted by molar-refractivity contribution is 5.74. The number of hydrogen-bond donors (Lipinski definition) is 2. The van der Waals surface area contributed by atoms with Gasteiger partial charge in [0, 0.05) is 6.54 Å². The maximum atomic E-state index is 5.53. The van der Waals surface area contributed by atoms with E-state index < -0.39 is 0 Å². The minimum atomic E-state index is 0.825. The Morgan fingerprint density at radius 2 is 1.81 bits per heavy atom. The predicted octanol–water partition coefficient (Wildman–Crippen LogP) is 3.09. The molecule has 1 aliphatic heterocycles. The second-order valence-corrected chi connectivity index (χ2v) is 5.03. The van der Waals surface area contributed by atoms with E-state index in [2.05, 4.69) is 16.7 Å². The second-order valence-electron chi connectivity index (χ2n) is 5.03. The summed E-state index contributed by atoms with van der Waals surface area (Å²) in [5, 5.41) is 6.89. The maximum absolute atomic E-state index is 5.53. The molecule has 4 heteroatoms. The van der Waals surface area contributed by atoms with Crippen molar-refractivity contribution in [2.75, 3.05) is 26.1 Å². The third kappa shape index (κ3) is 2.67. The lowest BCUT2D eigenvalue weighted by Gasteiger charge is -2.23. The molecule has 0 aromatic heterocycles. The van der Waals surface area contributed by atoms with Gasteiger partial charge in [0.25, 0.3) is 0 Å². The van der Waals surface area contributed by atoms with E-state index in [0.717, 1.165) is 42.4 Å². The molecule has 0 saturated carbocycles. The van der Waals surface area contributed by atoms with Crippen LogP contribution in [-0.2, 0) is 13.0 Å². The number of benzene rings is 2. The van der Waals surface area contributed by atoms with E-state index in [1.807, 2.05) is 30.3 Å². The molecule has 0 fully saturated rings. The molecule has 21 heavy (non-hydrogen) atoms. The molecule has 3 rings (SSSR count). The van der Waals surface area contributed by atoms with E-state index in [1.165, 1.54) is 11.1 Å². The fourth-order valence-electron chi connectivity index (χ4n) is 2.75. The Morgan fingerprint density at radius 1 is 1.00 bits per heavy atom. The van der Waals surface area contributed by atoms with Crippen LogP contribution in [0.1, 0.15) is 11.1 Å². The van der Waals surface area contributed by atoms with Gasteiger partial charge in [0.15, 0.2) is 0 Å². The molecule has 0 aliphatic carbocycles. The van der Waals surface area contributed by atoms with Gasteiger partial charge >= 0.3 is 0 Å². The van der Waals surface area contributed by atoms with Crippen LogP contribution in [-0.4, -0.2) is 20.8 Å². The number of para-hydroxylation sites is 2. The van der Waals surface area contributed by atoms with Crippen molar-refractivity contribution in [3.63, 3.8) is 0 Å². The molecular weight excluding hydrogens is 264 g/mol. The van der Waals surface area contributed by atoms with Crippen LogP contribution in [0, 0.1) is 0 Å². The minimum absolute atomic E-state index is 0.825. The third-order valence-electron chi connectivity index (χ3n) is 3.83. The van der Waals surface area contributed by atoms with Crippen molar-refractivity contribution in [2.45, 2.75) is 13.0 Å². The van der Waals surface area contributed by atoms with Gasteiger partial charge in [-0.2, -0.15) is 0 Å². The van der Waals surface area contributed by atoms with Gasteiger partial charge in [0.05, 0.1) is 25.6 Å². The summed E-state index contributed by atoms with van der Waals surface area (Å²) in [5.41, 5.74) is 4.63. The van der Waals surface area contributed by atoms with Crippen molar-refractivity contribution in [3.05, 3.63) is 47.5 Å². The molecule has 2 aromatic rings. The zero-order valence-electron chi connectivity index (χ0n) is 12.4. The first-order valence-corrected chi connectivity index (χ1v) is 7.13. The summed E-state index contributed by atoms with van der Waals surface area (Å²) in [6.07, 6.45) is 0.990. The van der Waals surface area contributed by atoms with E-state index in [4.69, 9.17) is 9.47 Å². The van der Waals surface area contributed by atoms with Crippen molar-refractivity contribution in [2.24, 2.45) is 0 Å². The van der Waals surface area contributed by atoms with Gasteiger partial charge in [0.2, 0.25) is 0 Å². The van der Waals surface area contributed by atoms with Crippen LogP contribution in [0.5, 0.6) is 11.5 Å². The Morgan fingerprint density at radius 3 is 2.62 bits per heavy atom. The molecule has 0 atom stereocenters. The van der Waals surface area contributed by atoms with Gasteiger partial charge in [-0.15, -0.1) is 0 Å². The predicted molar refractivity (Wildman–Crippen MR) is 84.7 cm³/mol. The topological polar surface area (TPSA) is 42.5 Å². The van der Waals surface area contributed by atoms with Gasteiger partial charge in [0.1, 0.15) is 11.5 Å². The number of ether oxygens (including phenoxy) is 2. The van der Waals surface area contributed by atoms with Crippen LogP contribution < -0.4 is 20.1 Å². The maximum Gasteiger partial charge on any atom is 0.142 e. The summed E-state index contributed by atoms with van der Waals surface area (Å²) in [4.78, 5) is 0. The highest BCUT2D eigenvalue weighted by Gasteiger charge is 2.17. The Hall–Kier alpha value is -2.20. The summed E-state index contributed by atoms with van der Waals surface area (Å²) in [6, 6.07) is 12.1. The molecule has 1 heterocycles. The summed E-state index contributed by atoms with van der Waals surface area (Å²) in [5.74, 6) is 1.69. The van der Waals surface area contributed by atoms with Crippen LogP contribution in [0.25, 0.3) is 0 Å². The Bertz CT molecular complexity index is 641. The quantitative estimate of drug-likeness (QED) is 0.905. The molecule has 0 unspecified atom stereocenters. The largest absolute Gasteiger partial charge is 0.495 e. The summed E-state index contributed by atoms with van der Waals surface area (Å²) >= 11 is 0. The van der Waals surface area contributed by atoms with Crippen molar-refractivity contribution < 1.29 is 9.47 Å². The number of anilines is 2. The molecule has 0 amide bonds. The fourth-order valence-corrected chi connectivity index (χ4v) is 2.75. The average molecular weight is 284 g/mol. The Balaban J connectivity index is 2.04. The van der Waals surface area contributed by atoms with Gasteiger partial charge < -0.3 is 20.1 Å². The average Bonchev–Trinajstić information content (AvgIpc) is 2.55. The minimum Gasteiger partial charge on any atom is -0.495 e. The number of fused-ring (bicyclic) bond motifs is 1. The zero-order chi connectivity index (χ0) is 14.7. The standard InChI is InChI=1S/C17H20N2O2/c1-20-15-6-4-3-5-14(15)19-17-13-9-10-18-11-12(13)7-8-16(17)21-2/h3-8,18-19H,9-11H2,1-2H3. The molecule has 0 bridgehead atoms. The Kier molecular flexibility index (Phi) is 3.97. The van der Waals surface area contributed by atoms with Gasteiger partial charge in [-0.1, -0.05) is 18.2 Å². The number of nitrogens with one attached hydrogen (secondary N) is 2. The second kappa shape index (κ2) is 6.06. The van der Waals surface area contributed by atoms with Crippen LogP contribution in [0.2, 0.25) is 0 Å². The fraction of sp³-hybridized carbons (Fsp3) is 0.294. The van der Waals surface area contributed by atoms with E-state index in [9.17, 15) is 0 Å². The molecule has 110 valence electrons. The lowest BCUT2D eigenvalue weighted by Crippen LogP contribution is -2.24. The number of hydrogen-bond acceptors (Lipinski definition) is 4. The first kappa shape index (κ1) is 13.8. The highest BCUT2D eigenvalue weighted by Crippen LogP contribution is 2.37. The van der Waals surface area contributed by atoms with E-state index in [1.54, 1.807) is 14.2 Å². The molecule has 1 aliphatic rings. The van der Waals surface area contributed by atoms with Crippen LogP contribution in [0.4, 0.5) is 11.4 Å². The third-order valence-corrected chi connectivity index (χ3v) is 3.83. The first-order chi connectivity index (χ1) is 10.3. The van der Waals surface area contributed by atoms with Crippen LogP contribution >= 0.6 is 0 Å². The van der Waals surface area contributed by atoms with Crippen molar-refractivity contribution in [1.82, 2.24) is 5.32 Å². The van der Waals surface area contributed by atoms with Crippen molar-refractivity contribution >= 4 is 11.4 Å². The van der Waals surface area contributed by atoms with Crippen LogP contribution in [0.3, 0.4) is 0 Å². The SMILES string of the molecule is COc1ccccc1Nc1c(OC)ccc2c1CCNC2. The summed E-state index contributed by atoms with van der Waals surface area (Å²) in [7, 11) is 3.39. The van der Waals surface area contributed by atoms with Gasteiger partial charge in [-0.25, -0.2) is 0 Å². The first-order valence-electron chi connectivity index (χ1n) is 7.13. The monoisotopic (exact) mass is 284 g/mol. The zero-order valence-corrected chi connectivity index (χ0v) is 12.4. The molecule has 2 N–H and O–H groups in total. The lowest BCUT2D eigenvalue weighted by molar-refractivity contribution is 0.413. The Labute approximate surface area is 125 Å². The number of methoxy groups -OCH3 is 2. The van der Waals surface area contributed by atoms with Gasteiger partial charge in [-0.05, 0) is 42.3 Å². The highest BCUT2D eigenvalue weighted by atomic mass is 16.5. The van der Waals surface area contributed by atoms with Gasteiger partial charge in [-0.3, -0.25) is 0 Å². The molecule has 4 nitrogen and oxygen atoms in total. The van der Waals surface area contributed by atoms with Crippen molar-refractivity contribution in [3.8, 4) is 11.5 Å². The number of rotatable bonds is 4. The molecular formula is C17H20N2O2. The normalized spacial score (nSPS) is 13.4. The smallest absolute Gasteiger partial charge is 0.142 e. The summed E-state index contributed by atoms with van der Waals surface area (Å²) in [6.45, 7) is 1.89. The molecule has 2 aromatic carbocycles. The molecule has 0 spiro atoms. The molecule has 0 saturated heterocycles. The van der Waals surface area contributed by atoms with Crippen LogP contribution in [0.15, 0.2) is 36.4 Å². The van der Waals surface area contributed by atoms with E-state index in [0.29, 0.717) is 0 Å². The van der Waals surface area contributed by atoms with Crippen molar-refractivity contribution in [1.29, 1.82) is 0 Å². The lowest BCUT2D eigenvalue weighted by atomic mass is 9.98. The van der Waals surface area contributed by atoms with E-state index >= 15 is 0 Å². The summed E-state index contributed by atoms with van der Waals surface area (Å²) < 4.78 is 11.0. The molecule has 0 radical (unpaired) electrons. The van der Waals surface area contributed by atoms with E-state index in [-0.39, 0.29) is 0 Å².